The van der Waals surface area contributed by atoms with Gasteiger partial charge in [0.2, 0.25) is 5.91 Å². The topological polar surface area (TPSA) is 75.6 Å². The van der Waals surface area contributed by atoms with Gasteiger partial charge >= 0.3 is 5.97 Å². The Bertz CT molecular complexity index is 310. The summed E-state index contributed by atoms with van der Waals surface area (Å²) in [5, 5.41) is 9.21. The maximum atomic E-state index is 11.7. The average molecular weight is 257 g/mol. The van der Waals surface area contributed by atoms with Crippen molar-refractivity contribution in [2.24, 2.45) is 11.3 Å². The normalized spacial score (nSPS) is 19.8. The summed E-state index contributed by atoms with van der Waals surface area (Å²) in [6, 6.07) is 0. The monoisotopic (exact) mass is 257 g/mol. The minimum atomic E-state index is -1.05. The SMILES string of the molecule is CC(C)C(C)(CC(=O)NOC1CCCC1)C(=O)O. The predicted octanol–water partition coefficient (Wildman–Crippen LogP) is 2.11. The van der Waals surface area contributed by atoms with E-state index in [0.29, 0.717) is 0 Å². The zero-order chi connectivity index (χ0) is 13.8. The number of amides is 1. The maximum absolute atomic E-state index is 11.7. The van der Waals surface area contributed by atoms with Crippen molar-refractivity contribution in [1.29, 1.82) is 0 Å². The number of nitrogens with one attached hydrogen (secondary N) is 1. The average Bonchev–Trinajstić information content (AvgIpc) is 2.78. The first-order valence-corrected chi connectivity index (χ1v) is 6.54. The van der Waals surface area contributed by atoms with Gasteiger partial charge in [-0.3, -0.25) is 14.4 Å². The van der Waals surface area contributed by atoms with Crippen LogP contribution in [0.15, 0.2) is 0 Å². The molecule has 1 atom stereocenters. The van der Waals surface area contributed by atoms with Gasteiger partial charge in [-0.2, -0.15) is 0 Å². The van der Waals surface area contributed by atoms with Crippen LogP contribution in [0.3, 0.4) is 0 Å². The van der Waals surface area contributed by atoms with Gasteiger partial charge in [-0.25, -0.2) is 5.48 Å². The zero-order valence-corrected chi connectivity index (χ0v) is 11.4. The fourth-order valence-corrected chi connectivity index (χ4v) is 2.05. The van der Waals surface area contributed by atoms with Crippen LogP contribution in [0.4, 0.5) is 0 Å². The summed E-state index contributed by atoms with van der Waals surface area (Å²) in [5.74, 6) is -1.43. The Balaban J connectivity index is 2.44. The number of rotatable bonds is 6. The van der Waals surface area contributed by atoms with Crippen molar-refractivity contribution in [2.75, 3.05) is 0 Å². The van der Waals surface area contributed by atoms with Crippen LogP contribution in [0.2, 0.25) is 0 Å². The highest BCUT2D eigenvalue weighted by Crippen LogP contribution is 2.31. The molecule has 1 rings (SSSR count). The summed E-state index contributed by atoms with van der Waals surface area (Å²) < 4.78 is 0. The first-order chi connectivity index (χ1) is 8.36. The van der Waals surface area contributed by atoms with Gasteiger partial charge in [-0.05, 0) is 25.7 Å². The molecule has 1 aliphatic rings. The van der Waals surface area contributed by atoms with Gasteiger partial charge in [0.15, 0.2) is 0 Å². The highest BCUT2D eigenvalue weighted by molar-refractivity contribution is 5.84. The summed E-state index contributed by atoms with van der Waals surface area (Å²) in [7, 11) is 0. The summed E-state index contributed by atoms with van der Waals surface area (Å²) in [4.78, 5) is 28.2. The smallest absolute Gasteiger partial charge is 0.310 e. The van der Waals surface area contributed by atoms with Crippen LogP contribution in [-0.2, 0) is 14.4 Å². The van der Waals surface area contributed by atoms with Crippen LogP contribution >= 0.6 is 0 Å². The van der Waals surface area contributed by atoms with Crippen LogP contribution < -0.4 is 5.48 Å². The van der Waals surface area contributed by atoms with Crippen LogP contribution in [0.5, 0.6) is 0 Å². The van der Waals surface area contributed by atoms with Crippen molar-refractivity contribution < 1.29 is 19.5 Å². The Morgan fingerprint density at radius 3 is 2.39 bits per heavy atom. The third-order valence-electron chi connectivity index (χ3n) is 3.93. The molecule has 0 aromatic heterocycles. The van der Waals surface area contributed by atoms with E-state index in [4.69, 9.17) is 4.84 Å². The molecule has 0 saturated heterocycles. The number of carboxylic acids is 1. The Kier molecular flexibility index (Phi) is 5.14. The third-order valence-corrected chi connectivity index (χ3v) is 3.93. The largest absolute Gasteiger partial charge is 0.481 e. The molecular formula is C13H23NO4. The van der Waals surface area contributed by atoms with E-state index in [-0.39, 0.29) is 24.3 Å². The molecule has 1 aliphatic carbocycles. The Labute approximate surface area is 108 Å². The molecule has 0 bridgehead atoms. The molecule has 0 aromatic carbocycles. The van der Waals surface area contributed by atoms with Crippen molar-refractivity contribution in [1.82, 2.24) is 5.48 Å². The molecule has 1 amide bonds. The summed E-state index contributed by atoms with van der Waals surface area (Å²) in [6.45, 7) is 5.20. The van der Waals surface area contributed by atoms with Crippen molar-refractivity contribution in [2.45, 2.75) is 59.0 Å². The van der Waals surface area contributed by atoms with Gasteiger partial charge in [0.1, 0.15) is 0 Å². The number of carbonyl (C=O) groups excluding carboxylic acids is 1. The highest BCUT2D eigenvalue weighted by Gasteiger charge is 2.39. The molecule has 2 N–H and O–H groups in total. The highest BCUT2D eigenvalue weighted by atomic mass is 16.7. The first kappa shape index (κ1) is 15.0. The number of aliphatic carboxylic acids is 1. The number of hydroxylamine groups is 1. The second kappa shape index (κ2) is 6.18. The van der Waals surface area contributed by atoms with Crippen molar-refractivity contribution >= 4 is 11.9 Å². The second-order valence-corrected chi connectivity index (χ2v) is 5.60. The summed E-state index contributed by atoms with van der Waals surface area (Å²) in [5.41, 5.74) is 1.34. The lowest BCUT2D eigenvalue weighted by molar-refractivity contribution is -0.157. The molecule has 0 aromatic rings. The molecule has 104 valence electrons. The molecule has 0 aliphatic heterocycles. The van der Waals surface area contributed by atoms with Crippen LogP contribution in [0.25, 0.3) is 0 Å². The summed E-state index contributed by atoms with van der Waals surface area (Å²) >= 11 is 0. The molecule has 0 spiro atoms. The third kappa shape index (κ3) is 3.70. The predicted molar refractivity (Wildman–Crippen MR) is 66.7 cm³/mol. The molecule has 0 heterocycles. The van der Waals surface area contributed by atoms with E-state index in [0.717, 1.165) is 25.7 Å². The molecule has 5 heteroatoms. The van der Waals surface area contributed by atoms with Gasteiger partial charge in [0.25, 0.3) is 0 Å². The van der Waals surface area contributed by atoms with Gasteiger partial charge in [-0.15, -0.1) is 0 Å². The first-order valence-electron chi connectivity index (χ1n) is 6.54. The minimum Gasteiger partial charge on any atom is -0.481 e. The maximum Gasteiger partial charge on any atom is 0.310 e. The Morgan fingerprint density at radius 2 is 1.94 bits per heavy atom. The number of carboxylic acid groups (broad SMARTS) is 1. The van der Waals surface area contributed by atoms with Crippen LogP contribution in [-0.4, -0.2) is 23.1 Å². The van der Waals surface area contributed by atoms with Crippen molar-refractivity contribution in [3.8, 4) is 0 Å². The fourth-order valence-electron chi connectivity index (χ4n) is 2.05. The Hall–Kier alpha value is -1.10. The van der Waals surface area contributed by atoms with Gasteiger partial charge in [0, 0.05) is 6.42 Å². The van der Waals surface area contributed by atoms with E-state index in [1.54, 1.807) is 20.8 Å². The standard InChI is InChI=1S/C13H23NO4/c1-9(2)13(3,12(16)17)8-11(15)14-18-10-6-4-5-7-10/h9-10H,4-8H2,1-3H3,(H,14,15)(H,16,17). The van der Waals surface area contributed by atoms with Gasteiger partial charge in [-0.1, -0.05) is 26.7 Å². The lowest BCUT2D eigenvalue weighted by Crippen LogP contribution is -2.40. The quantitative estimate of drug-likeness (QED) is 0.715. The number of carbonyl (C=O) groups is 2. The van der Waals surface area contributed by atoms with E-state index >= 15 is 0 Å². The van der Waals surface area contributed by atoms with E-state index in [1.165, 1.54) is 0 Å². The fraction of sp³-hybridized carbons (Fsp3) is 0.846. The van der Waals surface area contributed by atoms with Crippen LogP contribution in [0, 0.1) is 11.3 Å². The van der Waals surface area contributed by atoms with E-state index in [1.807, 2.05) is 0 Å². The number of hydrogen-bond acceptors (Lipinski definition) is 3. The molecule has 0 radical (unpaired) electrons. The molecule has 1 saturated carbocycles. The molecule has 18 heavy (non-hydrogen) atoms. The van der Waals surface area contributed by atoms with E-state index in [9.17, 15) is 14.7 Å². The second-order valence-electron chi connectivity index (χ2n) is 5.60. The minimum absolute atomic E-state index is 0.0628. The molecule has 1 unspecified atom stereocenters. The Morgan fingerprint density at radius 1 is 1.39 bits per heavy atom. The zero-order valence-electron chi connectivity index (χ0n) is 11.4. The van der Waals surface area contributed by atoms with Crippen molar-refractivity contribution in [3.63, 3.8) is 0 Å². The van der Waals surface area contributed by atoms with Crippen molar-refractivity contribution in [3.05, 3.63) is 0 Å². The van der Waals surface area contributed by atoms with Gasteiger partial charge < -0.3 is 5.11 Å². The van der Waals surface area contributed by atoms with Crippen LogP contribution in [0.1, 0.15) is 52.9 Å². The lowest BCUT2D eigenvalue weighted by atomic mass is 9.76. The van der Waals surface area contributed by atoms with E-state index < -0.39 is 11.4 Å². The lowest BCUT2D eigenvalue weighted by Gasteiger charge is -2.28. The molecule has 5 nitrogen and oxygen atoms in total. The van der Waals surface area contributed by atoms with E-state index in [2.05, 4.69) is 5.48 Å². The molecule has 1 fully saturated rings. The molecular weight excluding hydrogens is 234 g/mol. The number of hydrogen-bond donors (Lipinski definition) is 2. The summed E-state index contributed by atoms with van der Waals surface area (Å²) in [6.07, 6.45) is 4.19. The van der Waals surface area contributed by atoms with Gasteiger partial charge in [0.05, 0.1) is 11.5 Å².